The van der Waals surface area contributed by atoms with Gasteiger partial charge in [-0.3, -0.25) is 0 Å². The van der Waals surface area contributed by atoms with Crippen molar-refractivity contribution in [3.8, 4) is 10.6 Å². The minimum Gasteiger partial charge on any atom is -0.378 e. The molecule has 82 valence electrons. The van der Waals surface area contributed by atoms with Gasteiger partial charge in [0.05, 0.1) is 19.3 Å². The Morgan fingerprint density at radius 1 is 1.38 bits per heavy atom. The number of nitrogens with one attached hydrogen (secondary N) is 1. The zero-order chi connectivity index (χ0) is 10.8. The first-order valence-electron chi connectivity index (χ1n) is 5.26. The van der Waals surface area contributed by atoms with E-state index >= 15 is 0 Å². The first kappa shape index (κ1) is 9.81. The van der Waals surface area contributed by atoms with Gasteiger partial charge in [0, 0.05) is 22.8 Å². The molecule has 3 rings (SSSR count). The summed E-state index contributed by atoms with van der Waals surface area (Å²) in [5.74, 6) is 0. The molecule has 2 heterocycles. The van der Waals surface area contributed by atoms with Gasteiger partial charge in [-0.05, 0) is 12.1 Å². The average molecular weight is 232 g/mol. The van der Waals surface area contributed by atoms with Crippen LogP contribution < -0.4 is 5.32 Å². The lowest BCUT2D eigenvalue weighted by atomic mass is 10.2. The SMILES string of the molecule is c1cc(NC2COC2)cc(-c2nccs2)c1. The van der Waals surface area contributed by atoms with Crippen LogP contribution in [0.25, 0.3) is 10.6 Å². The smallest absolute Gasteiger partial charge is 0.123 e. The highest BCUT2D eigenvalue weighted by Gasteiger charge is 2.17. The van der Waals surface area contributed by atoms with Gasteiger partial charge in [-0.1, -0.05) is 12.1 Å². The molecule has 1 aromatic heterocycles. The summed E-state index contributed by atoms with van der Waals surface area (Å²) in [5.41, 5.74) is 2.31. The zero-order valence-corrected chi connectivity index (χ0v) is 9.54. The van der Waals surface area contributed by atoms with Gasteiger partial charge in [-0.15, -0.1) is 11.3 Å². The Morgan fingerprint density at radius 2 is 2.31 bits per heavy atom. The number of hydrogen-bond donors (Lipinski definition) is 1. The number of rotatable bonds is 3. The monoisotopic (exact) mass is 232 g/mol. The molecule has 1 aliphatic heterocycles. The van der Waals surface area contributed by atoms with Gasteiger partial charge in [0.2, 0.25) is 0 Å². The van der Waals surface area contributed by atoms with Crippen molar-refractivity contribution in [2.75, 3.05) is 18.5 Å². The van der Waals surface area contributed by atoms with Crippen molar-refractivity contribution in [3.05, 3.63) is 35.8 Å². The molecule has 1 aliphatic rings. The molecule has 0 saturated carbocycles. The van der Waals surface area contributed by atoms with E-state index in [0.717, 1.165) is 23.9 Å². The number of aromatic nitrogens is 1. The van der Waals surface area contributed by atoms with Gasteiger partial charge in [0.15, 0.2) is 0 Å². The van der Waals surface area contributed by atoms with Gasteiger partial charge in [0.25, 0.3) is 0 Å². The molecule has 0 bridgehead atoms. The Morgan fingerprint density at radius 3 is 3.00 bits per heavy atom. The Kier molecular flexibility index (Phi) is 2.60. The predicted octanol–water partition coefficient (Wildman–Crippen LogP) is 2.62. The highest BCUT2D eigenvalue weighted by molar-refractivity contribution is 7.13. The fraction of sp³-hybridized carbons (Fsp3) is 0.250. The van der Waals surface area contributed by atoms with Crippen LogP contribution in [0.4, 0.5) is 5.69 Å². The van der Waals surface area contributed by atoms with Crippen molar-refractivity contribution in [1.82, 2.24) is 4.98 Å². The van der Waals surface area contributed by atoms with Crippen LogP contribution in [0.15, 0.2) is 35.8 Å². The summed E-state index contributed by atoms with van der Waals surface area (Å²) in [7, 11) is 0. The predicted molar refractivity (Wildman–Crippen MR) is 65.8 cm³/mol. The van der Waals surface area contributed by atoms with Crippen LogP contribution in [0.1, 0.15) is 0 Å². The summed E-state index contributed by atoms with van der Waals surface area (Å²) in [6, 6.07) is 8.82. The molecule has 1 fully saturated rings. The van der Waals surface area contributed by atoms with Gasteiger partial charge in [0.1, 0.15) is 5.01 Å². The van der Waals surface area contributed by atoms with E-state index in [9.17, 15) is 0 Å². The van der Waals surface area contributed by atoms with Crippen molar-refractivity contribution in [2.45, 2.75) is 6.04 Å². The van der Waals surface area contributed by atoms with Gasteiger partial charge in [-0.25, -0.2) is 4.98 Å². The third-order valence-electron chi connectivity index (χ3n) is 2.55. The molecule has 1 saturated heterocycles. The second-order valence-electron chi connectivity index (χ2n) is 3.80. The van der Waals surface area contributed by atoms with E-state index in [-0.39, 0.29) is 0 Å². The largest absolute Gasteiger partial charge is 0.378 e. The molecule has 3 nitrogen and oxygen atoms in total. The topological polar surface area (TPSA) is 34.1 Å². The standard InChI is InChI=1S/C12H12N2OS/c1-2-9(12-13-4-5-16-12)6-10(3-1)14-11-7-15-8-11/h1-6,11,14H,7-8H2. The summed E-state index contributed by atoms with van der Waals surface area (Å²) < 4.78 is 5.14. The zero-order valence-electron chi connectivity index (χ0n) is 8.72. The van der Waals surface area contributed by atoms with Crippen molar-refractivity contribution in [2.24, 2.45) is 0 Å². The number of anilines is 1. The molecular formula is C12H12N2OS. The molecule has 16 heavy (non-hydrogen) atoms. The molecule has 0 unspecified atom stereocenters. The van der Waals surface area contributed by atoms with E-state index in [2.05, 4.69) is 34.6 Å². The maximum atomic E-state index is 5.14. The van der Waals surface area contributed by atoms with E-state index in [1.165, 1.54) is 5.56 Å². The summed E-state index contributed by atoms with van der Waals surface area (Å²) in [6.45, 7) is 1.61. The Hall–Kier alpha value is -1.39. The van der Waals surface area contributed by atoms with Crippen LogP contribution in [-0.4, -0.2) is 24.2 Å². The molecule has 0 radical (unpaired) electrons. The lowest BCUT2D eigenvalue weighted by Gasteiger charge is -2.27. The third-order valence-corrected chi connectivity index (χ3v) is 3.37. The lowest BCUT2D eigenvalue weighted by Crippen LogP contribution is -2.40. The van der Waals surface area contributed by atoms with Crippen LogP contribution in [0.5, 0.6) is 0 Å². The van der Waals surface area contributed by atoms with Crippen molar-refractivity contribution >= 4 is 17.0 Å². The van der Waals surface area contributed by atoms with Crippen LogP contribution in [-0.2, 0) is 4.74 Å². The maximum Gasteiger partial charge on any atom is 0.123 e. The first-order chi connectivity index (χ1) is 7.92. The van der Waals surface area contributed by atoms with E-state index in [0.29, 0.717) is 6.04 Å². The van der Waals surface area contributed by atoms with Crippen LogP contribution >= 0.6 is 11.3 Å². The highest BCUT2D eigenvalue weighted by Crippen LogP contribution is 2.25. The van der Waals surface area contributed by atoms with E-state index in [1.807, 2.05) is 11.6 Å². The molecule has 2 aromatic rings. The molecule has 0 atom stereocenters. The van der Waals surface area contributed by atoms with Crippen molar-refractivity contribution < 1.29 is 4.74 Å². The number of hydrogen-bond acceptors (Lipinski definition) is 4. The van der Waals surface area contributed by atoms with Crippen molar-refractivity contribution in [1.29, 1.82) is 0 Å². The fourth-order valence-electron chi connectivity index (χ4n) is 1.66. The lowest BCUT2D eigenvalue weighted by molar-refractivity contribution is 0.0211. The Labute approximate surface area is 98.1 Å². The first-order valence-corrected chi connectivity index (χ1v) is 6.14. The van der Waals surface area contributed by atoms with Crippen molar-refractivity contribution in [3.63, 3.8) is 0 Å². The summed E-state index contributed by atoms with van der Waals surface area (Å²) in [6.07, 6.45) is 1.83. The molecular weight excluding hydrogens is 220 g/mol. The molecule has 0 spiro atoms. The fourth-order valence-corrected chi connectivity index (χ4v) is 2.30. The molecule has 0 amide bonds. The van der Waals surface area contributed by atoms with Crippen LogP contribution in [0, 0.1) is 0 Å². The second-order valence-corrected chi connectivity index (χ2v) is 4.69. The number of nitrogens with zero attached hydrogens (tertiary/aromatic N) is 1. The molecule has 0 aliphatic carbocycles. The third kappa shape index (κ3) is 1.94. The van der Waals surface area contributed by atoms with Crippen LogP contribution in [0.3, 0.4) is 0 Å². The molecule has 1 aromatic carbocycles. The van der Waals surface area contributed by atoms with Gasteiger partial charge < -0.3 is 10.1 Å². The van der Waals surface area contributed by atoms with Gasteiger partial charge in [-0.2, -0.15) is 0 Å². The minimum absolute atomic E-state index is 0.464. The molecule has 4 heteroatoms. The molecule has 1 N–H and O–H groups in total. The van der Waals surface area contributed by atoms with Gasteiger partial charge >= 0.3 is 0 Å². The van der Waals surface area contributed by atoms with E-state index in [1.54, 1.807) is 11.3 Å². The summed E-state index contributed by atoms with van der Waals surface area (Å²) in [4.78, 5) is 4.31. The minimum atomic E-state index is 0.464. The normalized spacial score (nSPS) is 15.8. The average Bonchev–Trinajstić information content (AvgIpc) is 2.77. The number of ether oxygens (including phenoxy) is 1. The second kappa shape index (κ2) is 4.23. The Bertz CT molecular complexity index is 466. The summed E-state index contributed by atoms with van der Waals surface area (Å²) >= 11 is 1.66. The number of benzene rings is 1. The van der Waals surface area contributed by atoms with E-state index < -0.39 is 0 Å². The van der Waals surface area contributed by atoms with Crippen LogP contribution in [0.2, 0.25) is 0 Å². The van der Waals surface area contributed by atoms with E-state index in [4.69, 9.17) is 4.74 Å². The Balaban J connectivity index is 1.82. The quantitative estimate of drug-likeness (QED) is 0.883. The summed E-state index contributed by atoms with van der Waals surface area (Å²) in [5, 5.41) is 6.49. The number of thiazole rings is 1. The maximum absolute atomic E-state index is 5.14. The highest BCUT2D eigenvalue weighted by atomic mass is 32.1.